The van der Waals surface area contributed by atoms with Crippen molar-refractivity contribution >= 4 is 23.5 Å². The molecule has 0 radical (unpaired) electrons. The summed E-state index contributed by atoms with van der Waals surface area (Å²) in [6.45, 7) is 2.82. The molecule has 1 N–H and O–H groups in total. The molecule has 0 aromatic heterocycles. The van der Waals surface area contributed by atoms with Crippen molar-refractivity contribution < 1.29 is 28.5 Å². The van der Waals surface area contributed by atoms with Gasteiger partial charge in [-0.05, 0) is 42.3 Å². The predicted octanol–water partition coefficient (Wildman–Crippen LogP) is 2.89. The molecule has 3 aliphatic heterocycles. The summed E-state index contributed by atoms with van der Waals surface area (Å²) in [5.74, 6) is 1.99. The van der Waals surface area contributed by atoms with Crippen molar-refractivity contribution in [3.63, 3.8) is 0 Å². The molecule has 2 aromatic rings. The van der Waals surface area contributed by atoms with Crippen LogP contribution in [0.25, 0.3) is 0 Å². The minimum absolute atomic E-state index is 0.0811. The van der Waals surface area contributed by atoms with Crippen LogP contribution in [-0.4, -0.2) is 42.4 Å². The quantitative estimate of drug-likeness (QED) is 0.750. The molecule has 156 valence electrons. The fourth-order valence-corrected chi connectivity index (χ4v) is 4.20. The minimum Gasteiger partial charge on any atom is -0.486 e. The second-order valence-corrected chi connectivity index (χ2v) is 8.03. The van der Waals surface area contributed by atoms with E-state index in [9.17, 15) is 9.59 Å². The van der Waals surface area contributed by atoms with E-state index in [0.717, 1.165) is 5.56 Å². The molecule has 30 heavy (non-hydrogen) atoms. The van der Waals surface area contributed by atoms with Gasteiger partial charge in [-0.15, -0.1) is 0 Å². The molecular weight excluding hydrogens is 412 g/mol. The van der Waals surface area contributed by atoms with E-state index in [0.29, 0.717) is 53.2 Å². The van der Waals surface area contributed by atoms with Crippen molar-refractivity contribution in [2.75, 3.05) is 20.0 Å². The van der Waals surface area contributed by atoms with Crippen molar-refractivity contribution in [2.45, 2.75) is 25.4 Å². The minimum atomic E-state index is -1.07. The highest BCUT2D eigenvalue weighted by atomic mass is 35.5. The first-order valence-electron chi connectivity index (χ1n) is 9.54. The number of rotatable bonds is 4. The molecule has 1 fully saturated rings. The second kappa shape index (κ2) is 6.98. The molecule has 0 bridgehead atoms. The zero-order valence-electron chi connectivity index (χ0n) is 16.2. The Morgan fingerprint density at radius 1 is 1.00 bits per heavy atom. The third-order valence-electron chi connectivity index (χ3n) is 5.34. The Morgan fingerprint density at radius 2 is 1.77 bits per heavy atom. The molecule has 8 nitrogen and oxygen atoms in total. The molecule has 3 aliphatic rings. The van der Waals surface area contributed by atoms with E-state index in [1.165, 1.54) is 4.90 Å². The van der Waals surface area contributed by atoms with Crippen LogP contribution in [0.4, 0.5) is 4.79 Å². The highest BCUT2D eigenvalue weighted by Crippen LogP contribution is 2.39. The van der Waals surface area contributed by atoms with E-state index in [4.69, 9.17) is 30.5 Å². The number of halogens is 1. The normalized spacial score (nSPS) is 21.7. The lowest BCUT2D eigenvalue weighted by Crippen LogP contribution is -2.45. The van der Waals surface area contributed by atoms with Crippen LogP contribution in [0, 0.1) is 0 Å². The van der Waals surface area contributed by atoms with Gasteiger partial charge in [0.1, 0.15) is 18.8 Å². The van der Waals surface area contributed by atoms with Crippen LogP contribution < -0.4 is 24.3 Å². The third-order valence-corrected chi connectivity index (χ3v) is 5.62. The fraction of sp³-hybridized carbons (Fsp3) is 0.333. The summed E-state index contributed by atoms with van der Waals surface area (Å²) >= 11 is 6.28. The van der Waals surface area contributed by atoms with E-state index < -0.39 is 11.6 Å². The van der Waals surface area contributed by atoms with Crippen molar-refractivity contribution in [1.29, 1.82) is 0 Å². The van der Waals surface area contributed by atoms with Gasteiger partial charge in [-0.2, -0.15) is 0 Å². The molecule has 9 heteroatoms. The van der Waals surface area contributed by atoms with E-state index >= 15 is 0 Å². The van der Waals surface area contributed by atoms with Gasteiger partial charge in [0.2, 0.25) is 6.79 Å². The molecule has 5 rings (SSSR count). The zero-order chi connectivity index (χ0) is 20.9. The number of benzene rings is 2. The number of carbonyl (C=O) groups is 2. The number of hydrogen-bond donors (Lipinski definition) is 1. The van der Waals surface area contributed by atoms with E-state index in [1.807, 2.05) is 12.1 Å². The summed E-state index contributed by atoms with van der Waals surface area (Å²) in [4.78, 5) is 27.0. The lowest BCUT2D eigenvalue weighted by molar-refractivity contribution is -0.131. The molecule has 1 saturated heterocycles. The largest absolute Gasteiger partial charge is 0.486 e. The number of nitrogens with one attached hydrogen (secondary N) is 1. The van der Waals surface area contributed by atoms with Crippen LogP contribution in [-0.2, 0) is 17.8 Å². The summed E-state index contributed by atoms with van der Waals surface area (Å²) in [5, 5.41) is 3.21. The number of carbonyl (C=O) groups excluding carboxylic acids is 2. The Balaban J connectivity index is 1.36. The maximum atomic E-state index is 13.2. The lowest BCUT2D eigenvalue weighted by Gasteiger charge is -2.23. The molecule has 0 unspecified atom stereocenters. The number of urea groups is 1. The molecule has 3 amide bonds. The summed E-state index contributed by atoms with van der Waals surface area (Å²) in [7, 11) is 0. The van der Waals surface area contributed by atoms with Crippen molar-refractivity contribution in [2.24, 2.45) is 0 Å². The molecule has 0 aliphatic carbocycles. The Hall–Kier alpha value is -3.13. The van der Waals surface area contributed by atoms with Gasteiger partial charge in [0.05, 0.1) is 11.6 Å². The number of imide groups is 1. The van der Waals surface area contributed by atoms with E-state index in [1.54, 1.807) is 25.1 Å². The topological polar surface area (TPSA) is 86.3 Å². The Labute approximate surface area is 177 Å². The van der Waals surface area contributed by atoms with Gasteiger partial charge < -0.3 is 24.3 Å². The first-order chi connectivity index (χ1) is 14.4. The number of hydrogen-bond acceptors (Lipinski definition) is 6. The summed E-state index contributed by atoms with van der Waals surface area (Å²) in [5.41, 5.74) is 0.474. The lowest BCUT2D eigenvalue weighted by atomic mass is 9.92. The van der Waals surface area contributed by atoms with Gasteiger partial charge in [0.25, 0.3) is 5.91 Å². The molecule has 0 saturated carbocycles. The maximum absolute atomic E-state index is 13.2. The van der Waals surface area contributed by atoms with Gasteiger partial charge in [0, 0.05) is 6.42 Å². The Morgan fingerprint density at radius 3 is 2.63 bits per heavy atom. The first-order valence-corrected chi connectivity index (χ1v) is 9.91. The van der Waals surface area contributed by atoms with Crippen molar-refractivity contribution in [1.82, 2.24) is 10.2 Å². The predicted molar refractivity (Wildman–Crippen MR) is 106 cm³/mol. The summed E-state index contributed by atoms with van der Waals surface area (Å²) < 4.78 is 21.8. The number of fused-ring (bicyclic) bond motifs is 2. The van der Waals surface area contributed by atoms with Gasteiger partial charge >= 0.3 is 6.03 Å². The maximum Gasteiger partial charge on any atom is 0.325 e. The monoisotopic (exact) mass is 430 g/mol. The average molecular weight is 431 g/mol. The molecule has 0 spiro atoms. The zero-order valence-corrected chi connectivity index (χ0v) is 17.0. The second-order valence-electron chi connectivity index (χ2n) is 7.62. The van der Waals surface area contributed by atoms with Crippen LogP contribution in [0.2, 0.25) is 5.02 Å². The van der Waals surface area contributed by atoms with E-state index in [2.05, 4.69) is 5.32 Å². The van der Waals surface area contributed by atoms with Crippen LogP contribution in [0.15, 0.2) is 30.3 Å². The molecule has 3 heterocycles. The molecular formula is C21H19ClN2O6. The number of amides is 3. The molecule has 1 atom stereocenters. The molecule has 2 aromatic carbocycles. The first kappa shape index (κ1) is 18.9. The summed E-state index contributed by atoms with van der Waals surface area (Å²) in [6.07, 6.45) is 0.326. The van der Waals surface area contributed by atoms with E-state index in [-0.39, 0.29) is 19.2 Å². The average Bonchev–Trinajstić information content (AvgIpc) is 3.26. The van der Waals surface area contributed by atoms with Gasteiger partial charge in [0.15, 0.2) is 23.0 Å². The fourth-order valence-electron chi connectivity index (χ4n) is 3.91. The van der Waals surface area contributed by atoms with Crippen LogP contribution >= 0.6 is 11.6 Å². The Kier molecular flexibility index (Phi) is 4.39. The standard InChI is InChI=1S/C21H19ClN2O6/c1-21(9-12-2-3-15-16(7-12)30-11-29-15)19(25)24(20(26)23-21)10-13-6-14(22)18-17(8-13)27-4-5-28-18/h2-3,6-8H,4-5,9-11H2,1H3,(H,23,26)/t21-/m0/s1. The van der Waals surface area contributed by atoms with Crippen LogP contribution in [0.3, 0.4) is 0 Å². The van der Waals surface area contributed by atoms with Gasteiger partial charge in [-0.1, -0.05) is 17.7 Å². The number of nitrogens with zero attached hydrogens (tertiary/aromatic N) is 1. The van der Waals surface area contributed by atoms with Crippen molar-refractivity contribution in [3.8, 4) is 23.0 Å². The third kappa shape index (κ3) is 3.17. The highest BCUT2D eigenvalue weighted by molar-refractivity contribution is 6.32. The van der Waals surface area contributed by atoms with Crippen LogP contribution in [0.1, 0.15) is 18.1 Å². The van der Waals surface area contributed by atoms with Gasteiger partial charge in [-0.3, -0.25) is 9.69 Å². The SMILES string of the molecule is C[C@@]1(Cc2ccc3c(c2)OCO3)NC(=O)N(Cc2cc(Cl)c3c(c2)OCCO3)C1=O. The van der Waals surface area contributed by atoms with Crippen molar-refractivity contribution in [3.05, 3.63) is 46.5 Å². The van der Waals surface area contributed by atoms with Crippen LogP contribution in [0.5, 0.6) is 23.0 Å². The smallest absolute Gasteiger partial charge is 0.325 e. The highest BCUT2D eigenvalue weighted by Gasteiger charge is 2.47. The number of ether oxygens (including phenoxy) is 4. The Bertz CT molecular complexity index is 1060. The van der Waals surface area contributed by atoms with Gasteiger partial charge in [-0.25, -0.2) is 4.79 Å². The summed E-state index contributed by atoms with van der Waals surface area (Å²) in [6, 6.07) is 8.47.